The van der Waals surface area contributed by atoms with E-state index in [0.717, 1.165) is 55.2 Å². The van der Waals surface area contributed by atoms with E-state index in [1.165, 1.54) is 0 Å². The number of morpholine rings is 1. The SMILES string of the molecule is CCc1nc2ccccc2n1-c1nc(N2CCOCC2)c2nc(C3(O)CCCN(C(C)C)C3I)n(C)c2n1. The Hall–Kier alpha value is -2.35. The van der Waals surface area contributed by atoms with E-state index in [4.69, 9.17) is 24.7 Å². The molecule has 0 saturated carbocycles. The molecule has 2 saturated heterocycles. The van der Waals surface area contributed by atoms with Gasteiger partial charge in [0.2, 0.25) is 5.95 Å². The first-order valence-corrected chi connectivity index (χ1v) is 14.7. The summed E-state index contributed by atoms with van der Waals surface area (Å²) in [5, 5.41) is 12.2. The number of fused-ring (bicyclic) bond motifs is 2. The summed E-state index contributed by atoms with van der Waals surface area (Å²) in [5.41, 5.74) is 2.23. The van der Waals surface area contributed by atoms with Gasteiger partial charge in [-0.1, -0.05) is 41.6 Å². The molecular formula is C27H35IN8O2. The number of rotatable bonds is 5. The number of hydrogen-bond acceptors (Lipinski definition) is 8. The van der Waals surface area contributed by atoms with E-state index in [1.807, 2.05) is 29.8 Å². The number of aromatic nitrogens is 6. The molecule has 0 aliphatic carbocycles. The van der Waals surface area contributed by atoms with Crippen LogP contribution in [0.2, 0.25) is 0 Å². The zero-order chi connectivity index (χ0) is 26.6. The highest BCUT2D eigenvalue weighted by Gasteiger charge is 2.47. The molecule has 38 heavy (non-hydrogen) atoms. The van der Waals surface area contributed by atoms with Crippen molar-refractivity contribution in [3.8, 4) is 5.95 Å². The maximum Gasteiger partial charge on any atom is 0.239 e. The van der Waals surface area contributed by atoms with Gasteiger partial charge in [-0.3, -0.25) is 9.47 Å². The number of anilines is 1. The van der Waals surface area contributed by atoms with Crippen molar-refractivity contribution in [1.29, 1.82) is 0 Å². The van der Waals surface area contributed by atoms with E-state index in [0.29, 0.717) is 48.6 Å². The first-order valence-electron chi connectivity index (χ1n) is 13.5. The molecule has 0 radical (unpaired) electrons. The number of nitrogens with zero attached hydrogens (tertiary/aromatic N) is 8. The monoisotopic (exact) mass is 630 g/mol. The minimum absolute atomic E-state index is 0.104. The molecule has 1 aromatic carbocycles. The molecule has 1 N–H and O–H groups in total. The molecule has 0 amide bonds. The summed E-state index contributed by atoms with van der Waals surface area (Å²) in [5.74, 6) is 2.90. The van der Waals surface area contributed by atoms with Crippen LogP contribution in [0.3, 0.4) is 0 Å². The molecule has 6 rings (SSSR count). The lowest BCUT2D eigenvalue weighted by Crippen LogP contribution is -2.54. The van der Waals surface area contributed by atoms with Crippen LogP contribution >= 0.6 is 22.6 Å². The predicted octanol–water partition coefficient (Wildman–Crippen LogP) is 3.55. The topological polar surface area (TPSA) is 97.4 Å². The van der Waals surface area contributed by atoms with E-state index < -0.39 is 5.60 Å². The van der Waals surface area contributed by atoms with Gasteiger partial charge in [-0.15, -0.1) is 0 Å². The van der Waals surface area contributed by atoms with Crippen LogP contribution in [0.25, 0.3) is 28.1 Å². The molecule has 10 nitrogen and oxygen atoms in total. The molecule has 2 fully saturated rings. The van der Waals surface area contributed by atoms with Gasteiger partial charge in [-0.25, -0.2) is 9.97 Å². The van der Waals surface area contributed by atoms with Crippen molar-refractivity contribution in [2.45, 2.75) is 55.7 Å². The van der Waals surface area contributed by atoms with E-state index in [-0.39, 0.29) is 4.05 Å². The van der Waals surface area contributed by atoms with Crippen molar-refractivity contribution in [3.63, 3.8) is 0 Å². The Bertz CT molecular complexity index is 1480. The number of ether oxygens (including phenoxy) is 1. The van der Waals surface area contributed by atoms with Crippen LogP contribution in [0, 0.1) is 0 Å². The van der Waals surface area contributed by atoms with E-state index in [9.17, 15) is 5.11 Å². The van der Waals surface area contributed by atoms with Gasteiger partial charge in [0.1, 0.15) is 17.2 Å². The van der Waals surface area contributed by atoms with E-state index in [1.54, 1.807) is 0 Å². The van der Waals surface area contributed by atoms with Gasteiger partial charge in [0, 0.05) is 32.6 Å². The average Bonchev–Trinajstić information content (AvgIpc) is 3.48. The van der Waals surface area contributed by atoms with Crippen molar-refractivity contribution in [1.82, 2.24) is 34.0 Å². The Balaban J connectivity index is 1.58. The number of aryl methyl sites for hydroxylation is 2. The summed E-state index contributed by atoms with van der Waals surface area (Å²) >= 11 is 2.39. The van der Waals surface area contributed by atoms with Gasteiger partial charge in [0.05, 0.1) is 28.3 Å². The largest absolute Gasteiger partial charge is 0.379 e. The highest BCUT2D eigenvalue weighted by molar-refractivity contribution is 14.1. The van der Waals surface area contributed by atoms with Crippen LogP contribution in [0.1, 0.15) is 45.3 Å². The van der Waals surface area contributed by atoms with Crippen LogP contribution in [-0.2, 0) is 23.8 Å². The number of aliphatic hydroxyl groups is 1. The standard InChI is InChI=1S/C27H35IN8O2/c1-5-20-29-18-9-6-7-10-19(18)36(20)26-31-22-21(23(32-26)34-13-15-38-16-14-34)30-25(33(22)4)27(37)11-8-12-35(17(2)3)24(27)28/h6-7,9-10,17,24,37H,5,8,11-16H2,1-4H3. The molecule has 0 spiro atoms. The smallest absolute Gasteiger partial charge is 0.239 e. The third kappa shape index (κ3) is 4.09. The van der Waals surface area contributed by atoms with Crippen LogP contribution < -0.4 is 4.90 Å². The van der Waals surface area contributed by atoms with E-state index >= 15 is 0 Å². The molecule has 0 bridgehead atoms. The third-order valence-corrected chi connectivity index (χ3v) is 9.60. The van der Waals surface area contributed by atoms with Crippen molar-refractivity contribution < 1.29 is 9.84 Å². The highest BCUT2D eigenvalue weighted by Crippen LogP contribution is 2.42. The van der Waals surface area contributed by atoms with Gasteiger partial charge in [-0.05, 0) is 45.4 Å². The Morgan fingerprint density at radius 3 is 2.61 bits per heavy atom. The summed E-state index contributed by atoms with van der Waals surface area (Å²) in [6.45, 7) is 10.2. The molecule has 2 atom stereocenters. The molecule has 5 heterocycles. The maximum atomic E-state index is 12.2. The Morgan fingerprint density at radius 2 is 1.87 bits per heavy atom. The summed E-state index contributed by atoms with van der Waals surface area (Å²) in [6.07, 6.45) is 2.31. The van der Waals surface area contributed by atoms with Gasteiger partial charge >= 0.3 is 0 Å². The molecule has 2 aliphatic rings. The van der Waals surface area contributed by atoms with Crippen LogP contribution in [0.5, 0.6) is 0 Å². The summed E-state index contributed by atoms with van der Waals surface area (Å²) in [7, 11) is 1.97. The number of halogens is 1. The van der Waals surface area contributed by atoms with Crippen molar-refractivity contribution in [3.05, 3.63) is 35.9 Å². The van der Waals surface area contributed by atoms with Gasteiger partial charge in [0.15, 0.2) is 17.0 Å². The van der Waals surface area contributed by atoms with Gasteiger partial charge in [-0.2, -0.15) is 9.97 Å². The second kappa shape index (κ2) is 10.00. The van der Waals surface area contributed by atoms with Crippen molar-refractivity contribution in [2.75, 3.05) is 37.7 Å². The fourth-order valence-electron chi connectivity index (χ4n) is 5.83. The number of para-hydroxylation sites is 2. The number of hydrogen-bond donors (Lipinski definition) is 1. The lowest BCUT2D eigenvalue weighted by Gasteiger charge is -2.45. The minimum Gasteiger partial charge on any atom is -0.379 e. The number of likely N-dealkylation sites (tertiary alicyclic amines) is 1. The molecule has 2 unspecified atom stereocenters. The van der Waals surface area contributed by atoms with Crippen molar-refractivity contribution >= 4 is 50.6 Å². The van der Waals surface area contributed by atoms with Crippen LogP contribution in [0.4, 0.5) is 5.82 Å². The van der Waals surface area contributed by atoms with Gasteiger partial charge in [0.25, 0.3) is 0 Å². The second-order valence-electron chi connectivity index (χ2n) is 10.5. The lowest BCUT2D eigenvalue weighted by atomic mass is 9.91. The van der Waals surface area contributed by atoms with Gasteiger partial charge < -0.3 is 19.3 Å². The normalized spacial score (nSPS) is 23.2. The number of benzene rings is 1. The highest BCUT2D eigenvalue weighted by atomic mass is 127. The molecule has 3 aromatic heterocycles. The fourth-order valence-corrected chi connectivity index (χ4v) is 7.34. The Labute approximate surface area is 236 Å². The minimum atomic E-state index is -1.10. The first-order chi connectivity index (χ1) is 18.3. The number of imidazole rings is 2. The first kappa shape index (κ1) is 25.9. The second-order valence-corrected chi connectivity index (χ2v) is 11.7. The summed E-state index contributed by atoms with van der Waals surface area (Å²) in [4.78, 5) is 24.8. The summed E-state index contributed by atoms with van der Waals surface area (Å²) in [6, 6.07) is 8.43. The third-order valence-electron chi connectivity index (χ3n) is 7.86. The van der Waals surface area contributed by atoms with Crippen molar-refractivity contribution in [2.24, 2.45) is 7.05 Å². The van der Waals surface area contributed by atoms with Crippen LogP contribution in [0.15, 0.2) is 24.3 Å². The Morgan fingerprint density at radius 1 is 1.11 bits per heavy atom. The molecule has 202 valence electrons. The zero-order valence-electron chi connectivity index (χ0n) is 22.4. The summed E-state index contributed by atoms with van der Waals surface area (Å²) < 4.78 is 9.58. The molecule has 11 heteroatoms. The predicted molar refractivity (Wildman–Crippen MR) is 156 cm³/mol. The molecular weight excluding hydrogens is 595 g/mol. The average molecular weight is 631 g/mol. The van der Waals surface area contributed by atoms with E-state index in [2.05, 4.69) is 63.8 Å². The zero-order valence-corrected chi connectivity index (χ0v) is 24.6. The molecule has 2 aliphatic heterocycles. The Kier molecular flexibility index (Phi) is 6.81. The quantitative estimate of drug-likeness (QED) is 0.203. The number of alkyl halides is 1. The fraction of sp³-hybridized carbons (Fsp3) is 0.556. The lowest BCUT2D eigenvalue weighted by molar-refractivity contribution is -0.0611. The van der Waals surface area contributed by atoms with Crippen LogP contribution in [-0.4, -0.2) is 82.0 Å². The number of piperidine rings is 1. The molecule has 4 aromatic rings. The maximum absolute atomic E-state index is 12.2.